The van der Waals surface area contributed by atoms with Crippen molar-refractivity contribution in [2.45, 2.75) is 0 Å². The molecule has 1 aromatic heterocycles. The second-order valence-corrected chi connectivity index (χ2v) is 4.57. The number of aromatic carboxylic acids is 1. The zero-order chi connectivity index (χ0) is 14.0. The fourth-order valence-electron chi connectivity index (χ4n) is 1.67. The van der Waals surface area contributed by atoms with Gasteiger partial charge in [-0.25, -0.2) is 14.0 Å². The Kier molecular flexibility index (Phi) is 3.62. The first-order valence-corrected chi connectivity index (χ1v) is 6.11. The summed E-state index contributed by atoms with van der Waals surface area (Å²) in [5.41, 5.74) is 0.304. The third-order valence-corrected chi connectivity index (χ3v) is 3.43. The first-order chi connectivity index (χ1) is 9.04. The summed E-state index contributed by atoms with van der Waals surface area (Å²) >= 11 is 1.11. The zero-order valence-corrected chi connectivity index (χ0v) is 10.7. The summed E-state index contributed by atoms with van der Waals surface area (Å²) in [6, 6.07) is 5.49. The molecular weight excluding hydrogens is 271 g/mol. The Bertz CT molecular complexity index is 648. The van der Waals surface area contributed by atoms with Crippen LogP contribution in [-0.4, -0.2) is 24.2 Å². The van der Waals surface area contributed by atoms with Crippen LogP contribution in [-0.2, 0) is 4.74 Å². The quantitative estimate of drug-likeness (QED) is 0.878. The van der Waals surface area contributed by atoms with Gasteiger partial charge in [0.05, 0.1) is 7.11 Å². The maximum absolute atomic E-state index is 13.5. The molecule has 2 aromatic rings. The van der Waals surface area contributed by atoms with Crippen molar-refractivity contribution in [1.29, 1.82) is 0 Å². The molecule has 2 rings (SSSR count). The summed E-state index contributed by atoms with van der Waals surface area (Å²) in [4.78, 5) is 22.8. The van der Waals surface area contributed by atoms with Crippen LogP contribution >= 0.6 is 11.3 Å². The molecule has 1 N–H and O–H groups in total. The maximum Gasteiger partial charge on any atom is 0.348 e. The number of hydrogen-bond acceptors (Lipinski definition) is 4. The molecular formula is C13H9FO4S. The van der Waals surface area contributed by atoms with E-state index in [1.165, 1.54) is 25.3 Å². The number of carbonyl (C=O) groups is 2. The van der Waals surface area contributed by atoms with Gasteiger partial charge in [0, 0.05) is 5.56 Å². The van der Waals surface area contributed by atoms with Gasteiger partial charge >= 0.3 is 11.9 Å². The van der Waals surface area contributed by atoms with E-state index in [0.717, 1.165) is 17.4 Å². The van der Waals surface area contributed by atoms with Gasteiger partial charge in [-0.3, -0.25) is 0 Å². The molecule has 1 aromatic carbocycles. The van der Waals surface area contributed by atoms with Crippen molar-refractivity contribution in [3.8, 4) is 11.1 Å². The molecule has 0 fully saturated rings. The highest BCUT2D eigenvalue weighted by Gasteiger charge is 2.19. The number of carboxylic acids is 1. The van der Waals surface area contributed by atoms with E-state index in [-0.39, 0.29) is 5.56 Å². The lowest BCUT2D eigenvalue weighted by Gasteiger charge is -2.04. The van der Waals surface area contributed by atoms with Crippen molar-refractivity contribution < 1.29 is 23.8 Å². The molecule has 0 saturated heterocycles. The molecule has 0 radical (unpaired) electrons. The lowest BCUT2D eigenvalue weighted by molar-refractivity contribution is 0.0605. The van der Waals surface area contributed by atoms with Crippen molar-refractivity contribution in [1.82, 2.24) is 0 Å². The molecule has 0 bridgehead atoms. The first-order valence-electron chi connectivity index (χ1n) is 5.23. The molecule has 0 aliphatic carbocycles. The molecule has 6 heteroatoms. The molecule has 98 valence electrons. The average Bonchev–Trinajstić information content (AvgIpc) is 2.86. The smallest absolute Gasteiger partial charge is 0.348 e. The Hall–Kier alpha value is -2.21. The molecule has 0 unspecified atom stereocenters. The number of hydrogen-bond donors (Lipinski definition) is 1. The zero-order valence-electron chi connectivity index (χ0n) is 9.84. The Morgan fingerprint density at radius 1 is 1.37 bits per heavy atom. The van der Waals surface area contributed by atoms with Gasteiger partial charge in [-0.05, 0) is 23.1 Å². The molecule has 0 saturated carbocycles. The third kappa shape index (κ3) is 2.48. The van der Waals surface area contributed by atoms with Gasteiger partial charge in [0.15, 0.2) is 0 Å². The molecule has 0 amide bonds. The largest absolute Gasteiger partial charge is 0.478 e. The minimum Gasteiger partial charge on any atom is -0.478 e. The fraction of sp³-hybridized carbons (Fsp3) is 0.0769. The maximum atomic E-state index is 13.5. The predicted molar refractivity (Wildman–Crippen MR) is 68.0 cm³/mol. The van der Waals surface area contributed by atoms with E-state index in [4.69, 9.17) is 5.11 Å². The first kappa shape index (κ1) is 13.2. The highest BCUT2D eigenvalue weighted by atomic mass is 32.1. The number of carbonyl (C=O) groups excluding carboxylic acids is 1. The Labute approximate surface area is 112 Å². The second-order valence-electron chi connectivity index (χ2n) is 3.66. The van der Waals surface area contributed by atoms with E-state index in [9.17, 15) is 14.0 Å². The van der Waals surface area contributed by atoms with Gasteiger partial charge in [0.25, 0.3) is 0 Å². The normalized spacial score (nSPS) is 10.2. The van der Waals surface area contributed by atoms with Crippen LogP contribution in [0.15, 0.2) is 29.6 Å². The van der Waals surface area contributed by atoms with Crippen molar-refractivity contribution >= 4 is 23.3 Å². The van der Waals surface area contributed by atoms with E-state index >= 15 is 0 Å². The number of rotatable bonds is 3. The van der Waals surface area contributed by atoms with E-state index in [1.54, 1.807) is 5.38 Å². The van der Waals surface area contributed by atoms with Crippen LogP contribution in [0.3, 0.4) is 0 Å². The number of thiophene rings is 1. The minimum absolute atomic E-state index is 0.235. The molecule has 0 atom stereocenters. The number of methoxy groups -OCH3 is 1. The van der Waals surface area contributed by atoms with E-state index < -0.39 is 23.3 Å². The van der Waals surface area contributed by atoms with Crippen molar-refractivity contribution in [2.75, 3.05) is 7.11 Å². The van der Waals surface area contributed by atoms with Gasteiger partial charge in [0.2, 0.25) is 0 Å². The highest BCUT2D eigenvalue weighted by Crippen LogP contribution is 2.30. The summed E-state index contributed by atoms with van der Waals surface area (Å²) in [5.74, 6) is -2.67. The van der Waals surface area contributed by atoms with Gasteiger partial charge < -0.3 is 9.84 Å². The number of ether oxygens (including phenoxy) is 1. The summed E-state index contributed by atoms with van der Waals surface area (Å²) in [6.07, 6.45) is 0. The predicted octanol–water partition coefficient (Wildman–Crippen LogP) is 3.04. The minimum atomic E-state index is -1.35. The van der Waals surface area contributed by atoms with Crippen LogP contribution in [0.4, 0.5) is 4.39 Å². The average molecular weight is 280 g/mol. The lowest BCUT2D eigenvalue weighted by Crippen LogP contribution is -2.03. The highest BCUT2D eigenvalue weighted by molar-refractivity contribution is 7.12. The Morgan fingerprint density at radius 3 is 2.74 bits per heavy atom. The second kappa shape index (κ2) is 5.19. The summed E-state index contributed by atoms with van der Waals surface area (Å²) in [7, 11) is 1.26. The van der Waals surface area contributed by atoms with Gasteiger partial charge in [-0.2, -0.15) is 0 Å². The number of halogens is 1. The van der Waals surface area contributed by atoms with E-state index in [2.05, 4.69) is 4.74 Å². The van der Waals surface area contributed by atoms with Crippen molar-refractivity contribution in [3.63, 3.8) is 0 Å². The van der Waals surface area contributed by atoms with Crippen LogP contribution in [0.25, 0.3) is 11.1 Å². The SMILES string of the molecule is COC(=O)c1cc(-c2cccc(F)c2C(=O)O)cs1. The third-order valence-electron chi connectivity index (χ3n) is 2.52. The van der Waals surface area contributed by atoms with E-state index in [0.29, 0.717) is 10.4 Å². The number of esters is 1. The lowest BCUT2D eigenvalue weighted by atomic mass is 10.0. The van der Waals surface area contributed by atoms with Gasteiger partial charge in [-0.1, -0.05) is 12.1 Å². The van der Waals surface area contributed by atoms with E-state index in [1.807, 2.05) is 0 Å². The summed E-state index contributed by atoms with van der Waals surface area (Å²) < 4.78 is 18.1. The van der Waals surface area contributed by atoms with Crippen LogP contribution in [0.5, 0.6) is 0 Å². The standard InChI is InChI=1S/C13H9FO4S/c1-18-13(17)10-5-7(6-19-10)8-3-2-4-9(14)11(8)12(15)16/h2-6H,1H3,(H,15,16). The Balaban J connectivity index is 2.53. The van der Waals surface area contributed by atoms with Crippen LogP contribution in [0, 0.1) is 5.82 Å². The van der Waals surface area contributed by atoms with Gasteiger partial charge in [0.1, 0.15) is 16.3 Å². The van der Waals surface area contributed by atoms with Crippen molar-refractivity contribution in [2.24, 2.45) is 0 Å². The monoisotopic (exact) mass is 280 g/mol. The Morgan fingerprint density at radius 2 is 2.11 bits per heavy atom. The molecule has 0 aliphatic rings. The molecule has 0 spiro atoms. The summed E-state index contributed by atoms with van der Waals surface area (Å²) in [6.45, 7) is 0. The number of carboxylic acid groups (broad SMARTS) is 1. The van der Waals surface area contributed by atoms with Crippen LogP contribution < -0.4 is 0 Å². The molecule has 0 aliphatic heterocycles. The van der Waals surface area contributed by atoms with Crippen LogP contribution in [0.2, 0.25) is 0 Å². The molecule has 4 nitrogen and oxygen atoms in total. The van der Waals surface area contributed by atoms with Gasteiger partial charge in [-0.15, -0.1) is 11.3 Å². The topological polar surface area (TPSA) is 63.6 Å². The molecule has 1 heterocycles. The number of benzene rings is 1. The van der Waals surface area contributed by atoms with Crippen LogP contribution in [0.1, 0.15) is 20.0 Å². The van der Waals surface area contributed by atoms with Crippen molar-refractivity contribution in [3.05, 3.63) is 45.9 Å². The molecule has 19 heavy (non-hydrogen) atoms. The summed E-state index contributed by atoms with van der Waals surface area (Å²) in [5, 5.41) is 10.6. The fourth-order valence-corrected chi connectivity index (χ4v) is 2.49.